The maximum absolute atomic E-state index is 5.91. The maximum Gasteiger partial charge on any atom is 0.256 e. The number of aromatic nitrogens is 7. The lowest BCUT2D eigenvalue weighted by atomic mass is 10.4. The first-order chi connectivity index (χ1) is 9.61. The van der Waals surface area contributed by atoms with Crippen LogP contribution in [0.1, 0.15) is 5.69 Å². The van der Waals surface area contributed by atoms with E-state index in [2.05, 4.69) is 30.5 Å². The molecule has 0 saturated carbocycles. The van der Waals surface area contributed by atoms with Crippen molar-refractivity contribution in [2.75, 3.05) is 5.32 Å². The van der Waals surface area contributed by atoms with E-state index in [-0.39, 0.29) is 5.28 Å². The molecule has 102 valence electrons. The zero-order valence-corrected chi connectivity index (χ0v) is 11.6. The Morgan fingerprint density at radius 3 is 2.75 bits per heavy atom. The van der Waals surface area contributed by atoms with E-state index < -0.39 is 0 Å². The van der Waals surface area contributed by atoms with E-state index in [4.69, 9.17) is 11.6 Å². The second kappa shape index (κ2) is 4.89. The van der Waals surface area contributed by atoms with Gasteiger partial charge >= 0.3 is 0 Å². The summed E-state index contributed by atoms with van der Waals surface area (Å²) in [5.74, 6) is 0.686. The van der Waals surface area contributed by atoms with Crippen molar-refractivity contribution < 1.29 is 0 Å². The Morgan fingerprint density at radius 1 is 1.25 bits per heavy atom. The summed E-state index contributed by atoms with van der Waals surface area (Å²) in [5.41, 5.74) is 1.64. The van der Waals surface area contributed by atoms with Gasteiger partial charge in [0.1, 0.15) is 0 Å². The van der Waals surface area contributed by atoms with E-state index in [0.717, 1.165) is 11.4 Å². The molecule has 0 atom stereocenters. The van der Waals surface area contributed by atoms with E-state index in [1.807, 2.05) is 20.2 Å². The van der Waals surface area contributed by atoms with Crippen LogP contribution in [0.3, 0.4) is 0 Å². The van der Waals surface area contributed by atoms with Gasteiger partial charge in [0.15, 0.2) is 0 Å². The predicted octanol–water partition coefficient (Wildman–Crippen LogP) is 1.50. The zero-order valence-electron chi connectivity index (χ0n) is 10.8. The van der Waals surface area contributed by atoms with Crippen LogP contribution < -0.4 is 5.32 Å². The first kappa shape index (κ1) is 12.5. The van der Waals surface area contributed by atoms with Gasteiger partial charge in [0.2, 0.25) is 11.2 Å². The highest BCUT2D eigenvalue weighted by atomic mass is 35.5. The Balaban J connectivity index is 1.96. The molecule has 1 N–H and O–H groups in total. The van der Waals surface area contributed by atoms with Gasteiger partial charge in [-0.1, -0.05) is 0 Å². The number of halogens is 1. The molecule has 8 nitrogen and oxygen atoms in total. The minimum absolute atomic E-state index is 0.0922. The van der Waals surface area contributed by atoms with Crippen molar-refractivity contribution in [3.8, 4) is 5.95 Å². The molecule has 0 saturated heterocycles. The summed E-state index contributed by atoms with van der Waals surface area (Å²) < 4.78 is 3.21. The van der Waals surface area contributed by atoms with E-state index in [1.54, 1.807) is 23.1 Å². The van der Waals surface area contributed by atoms with Crippen molar-refractivity contribution in [2.45, 2.75) is 6.92 Å². The molecule has 0 bridgehead atoms. The summed E-state index contributed by atoms with van der Waals surface area (Å²) in [6.45, 7) is 1.89. The van der Waals surface area contributed by atoms with Gasteiger partial charge in [-0.2, -0.15) is 25.1 Å². The van der Waals surface area contributed by atoms with Gasteiger partial charge in [0.05, 0.1) is 11.4 Å². The van der Waals surface area contributed by atoms with Crippen LogP contribution in [0.25, 0.3) is 5.95 Å². The number of hydrogen-bond donors (Lipinski definition) is 1. The number of nitrogens with one attached hydrogen (secondary N) is 1. The van der Waals surface area contributed by atoms with Crippen LogP contribution in [0.4, 0.5) is 11.6 Å². The third-order valence-corrected chi connectivity index (χ3v) is 2.73. The Hall–Kier alpha value is -2.48. The molecule has 20 heavy (non-hydrogen) atoms. The van der Waals surface area contributed by atoms with E-state index in [1.165, 1.54) is 4.68 Å². The summed E-state index contributed by atoms with van der Waals surface area (Å²) in [6.07, 6.45) is 5.20. The third kappa shape index (κ3) is 2.45. The molecule has 0 amide bonds. The van der Waals surface area contributed by atoms with Crippen LogP contribution >= 0.6 is 11.6 Å². The fourth-order valence-electron chi connectivity index (χ4n) is 1.73. The van der Waals surface area contributed by atoms with Gasteiger partial charge in [-0.15, -0.1) is 0 Å². The highest BCUT2D eigenvalue weighted by Gasteiger charge is 2.10. The minimum atomic E-state index is 0.0922. The fraction of sp³-hybridized carbons (Fsp3) is 0.182. The summed E-state index contributed by atoms with van der Waals surface area (Å²) in [5, 5.41) is 11.5. The van der Waals surface area contributed by atoms with Gasteiger partial charge in [0.25, 0.3) is 5.95 Å². The Morgan fingerprint density at radius 2 is 2.10 bits per heavy atom. The molecule has 3 rings (SSSR count). The highest BCUT2D eigenvalue weighted by molar-refractivity contribution is 6.28. The fourth-order valence-corrected chi connectivity index (χ4v) is 1.88. The monoisotopic (exact) mass is 290 g/mol. The second-order valence-corrected chi connectivity index (χ2v) is 4.44. The molecule has 0 spiro atoms. The Kier molecular flexibility index (Phi) is 3.07. The molecule has 0 aliphatic carbocycles. The molecule has 0 aromatic carbocycles. The summed E-state index contributed by atoms with van der Waals surface area (Å²) >= 11 is 5.91. The number of rotatable bonds is 3. The SMILES string of the molecule is Cc1nn(C)cc1Nc1nc(Cl)nc(-n2cccn2)n1. The number of hydrogen-bond acceptors (Lipinski definition) is 6. The second-order valence-electron chi connectivity index (χ2n) is 4.11. The van der Waals surface area contributed by atoms with Crippen LogP contribution in [-0.4, -0.2) is 34.5 Å². The summed E-state index contributed by atoms with van der Waals surface area (Å²) in [4.78, 5) is 12.3. The molecule has 9 heteroatoms. The molecule has 3 aromatic heterocycles. The highest BCUT2D eigenvalue weighted by Crippen LogP contribution is 2.17. The normalized spacial score (nSPS) is 10.8. The molecule has 0 radical (unpaired) electrons. The first-order valence-electron chi connectivity index (χ1n) is 5.80. The third-order valence-electron chi connectivity index (χ3n) is 2.57. The lowest BCUT2D eigenvalue weighted by molar-refractivity contribution is 0.756. The zero-order chi connectivity index (χ0) is 14.1. The molecule has 0 aliphatic rings. The average molecular weight is 291 g/mol. The summed E-state index contributed by atoms with van der Waals surface area (Å²) in [7, 11) is 1.84. The molecular weight excluding hydrogens is 280 g/mol. The lowest BCUT2D eigenvalue weighted by Crippen LogP contribution is -2.07. The predicted molar refractivity (Wildman–Crippen MR) is 73.2 cm³/mol. The average Bonchev–Trinajstić information content (AvgIpc) is 2.99. The largest absolute Gasteiger partial charge is 0.321 e. The molecule has 0 unspecified atom stereocenters. The molecular formula is C11H11ClN8. The van der Waals surface area contributed by atoms with Gasteiger partial charge in [-0.25, -0.2) is 4.68 Å². The maximum atomic E-state index is 5.91. The number of anilines is 2. The van der Waals surface area contributed by atoms with Crippen LogP contribution in [0.5, 0.6) is 0 Å². The standard InChI is InChI=1S/C11H11ClN8/c1-7-8(6-19(2)18-7)14-10-15-9(12)16-11(17-10)20-5-3-4-13-20/h3-6H,1-2H3,(H,14,15,16,17). The number of nitrogens with zero attached hydrogens (tertiary/aromatic N) is 7. The van der Waals surface area contributed by atoms with Crippen molar-refractivity contribution >= 4 is 23.2 Å². The Bertz CT molecular complexity index is 733. The van der Waals surface area contributed by atoms with Crippen LogP contribution in [0.2, 0.25) is 5.28 Å². The first-order valence-corrected chi connectivity index (χ1v) is 6.18. The molecule has 3 aromatic rings. The van der Waals surface area contributed by atoms with Crippen molar-refractivity contribution in [1.82, 2.24) is 34.5 Å². The Labute approximate surface area is 119 Å². The van der Waals surface area contributed by atoms with Gasteiger partial charge in [-0.3, -0.25) is 4.68 Å². The molecule has 3 heterocycles. The molecule has 0 fully saturated rings. The summed E-state index contributed by atoms with van der Waals surface area (Å²) in [6, 6.07) is 1.77. The topological polar surface area (TPSA) is 86.3 Å². The van der Waals surface area contributed by atoms with Crippen molar-refractivity contribution in [3.05, 3.63) is 35.6 Å². The number of aryl methyl sites for hydroxylation is 2. The lowest BCUT2D eigenvalue weighted by Gasteiger charge is -2.05. The van der Waals surface area contributed by atoms with Crippen LogP contribution in [-0.2, 0) is 7.05 Å². The quantitative estimate of drug-likeness (QED) is 0.786. The van der Waals surface area contributed by atoms with Gasteiger partial charge in [0, 0.05) is 25.6 Å². The molecule has 0 aliphatic heterocycles. The van der Waals surface area contributed by atoms with Crippen molar-refractivity contribution in [2.24, 2.45) is 7.05 Å². The van der Waals surface area contributed by atoms with E-state index in [9.17, 15) is 0 Å². The van der Waals surface area contributed by atoms with Gasteiger partial charge in [-0.05, 0) is 24.6 Å². The van der Waals surface area contributed by atoms with Gasteiger partial charge < -0.3 is 5.32 Å². The smallest absolute Gasteiger partial charge is 0.256 e. The van der Waals surface area contributed by atoms with Crippen molar-refractivity contribution in [1.29, 1.82) is 0 Å². The minimum Gasteiger partial charge on any atom is -0.321 e. The van der Waals surface area contributed by atoms with Crippen LogP contribution in [0, 0.1) is 6.92 Å². The van der Waals surface area contributed by atoms with E-state index >= 15 is 0 Å². The van der Waals surface area contributed by atoms with E-state index in [0.29, 0.717) is 11.9 Å². The van der Waals surface area contributed by atoms with Crippen LogP contribution in [0.15, 0.2) is 24.7 Å². The van der Waals surface area contributed by atoms with Crippen molar-refractivity contribution in [3.63, 3.8) is 0 Å².